The van der Waals surface area contributed by atoms with Crippen LogP contribution in [0.5, 0.6) is 0 Å². The Morgan fingerprint density at radius 2 is 2.12 bits per heavy atom. The lowest BCUT2D eigenvalue weighted by molar-refractivity contribution is -0.140. The number of carboxylic acid groups (broad SMARTS) is 1. The Bertz CT molecular complexity index is 536. The fourth-order valence-electron chi connectivity index (χ4n) is 1.89. The second-order valence-corrected chi connectivity index (χ2v) is 3.75. The number of hydrogen-bond acceptors (Lipinski definition) is 2. The third-order valence-corrected chi connectivity index (χ3v) is 2.73. The molecule has 1 atom stereocenters. The Morgan fingerprint density at radius 3 is 2.71 bits per heavy atom. The molecule has 4 nitrogen and oxygen atoms in total. The van der Waals surface area contributed by atoms with Gasteiger partial charge < -0.3 is 9.67 Å². The van der Waals surface area contributed by atoms with E-state index in [1.807, 2.05) is 31.2 Å². The van der Waals surface area contributed by atoms with E-state index < -0.39 is 12.0 Å². The van der Waals surface area contributed by atoms with E-state index in [1.165, 1.54) is 0 Å². The Labute approximate surface area is 106 Å². The standard InChI is InChI=1S/C12H14N2O2.ClH/c1-3-11-13-9-6-4-5-7-10(9)14(11)8(2)12(15)16;/h4-8H,3H2,1-2H3,(H,15,16);1H. The lowest BCUT2D eigenvalue weighted by Gasteiger charge is -2.12. The molecule has 1 aromatic heterocycles. The average molecular weight is 255 g/mol. The van der Waals surface area contributed by atoms with Crippen LogP contribution in [0.4, 0.5) is 0 Å². The highest BCUT2D eigenvalue weighted by Gasteiger charge is 2.19. The normalized spacial score (nSPS) is 12.1. The number of aliphatic carboxylic acids is 1. The average Bonchev–Trinajstić information content (AvgIpc) is 2.66. The van der Waals surface area contributed by atoms with Crippen LogP contribution in [0.1, 0.15) is 25.7 Å². The zero-order valence-corrected chi connectivity index (χ0v) is 10.6. The first-order chi connectivity index (χ1) is 7.65. The monoisotopic (exact) mass is 254 g/mol. The van der Waals surface area contributed by atoms with E-state index in [9.17, 15) is 4.79 Å². The third-order valence-electron chi connectivity index (χ3n) is 2.73. The number of benzene rings is 1. The largest absolute Gasteiger partial charge is 0.480 e. The van der Waals surface area contributed by atoms with Gasteiger partial charge >= 0.3 is 5.97 Å². The number of imidazole rings is 1. The van der Waals surface area contributed by atoms with Gasteiger partial charge in [-0.2, -0.15) is 0 Å². The van der Waals surface area contributed by atoms with Crippen molar-refractivity contribution in [2.75, 3.05) is 0 Å². The second kappa shape index (κ2) is 5.19. The SMILES string of the molecule is CCc1nc2ccccc2n1C(C)C(=O)O.Cl. The molecule has 0 bridgehead atoms. The molecule has 2 aromatic rings. The van der Waals surface area contributed by atoms with E-state index in [0.717, 1.165) is 23.3 Å². The van der Waals surface area contributed by atoms with Gasteiger partial charge in [-0.05, 0) is 19.1 Å². The predicted molar refractivity (Wildman–Crippen MR) is 68.7 cm³/mol. The number of carbonyl (C=O) groups is 1. The molecule has 1 unspecified atom stereocenters. The van der Waals surface area contributed by atoms with Crippen LogP contribution in [0.25, 0.3) is 11.0 Å². The summed E-state index contributed by atoms with van der Waals surface area (Å²) in [5.74, 6) is -0.0195. The molecule has 5 heteroatoms. The first kappa shape index (κ1) is 13.5. The lowest BCUT2D eigenvalue weighted by Crippen LogP contribution is -2.17. The minimum Gasteiger partial charge on any atom is -0.480 e. The van der Waals surface area contributed by atoms with Crippen molar-refractivity contribution in [2.45, 2.75) is 26.3 Å². The predicted octanol–water partition coefficient (Wildman–Crippen LogP) is 2.67. The maximum absolute atomic E-state index is 11.1. The molecule has 92 valence electrons. The second-order valence-electron chi connectivity index (χ2n) is 3.75. The number of nitrogens with zero attached hydrogens (tertiary/aromatic N) is 2. The molecule has 0 fully saturated rings. The Balaban J connectivity index is 0.00000144. The van der Waals surface area contributed by atoms with Gasteiger partial charge in [0.15, 0.2) is 0 Å². The fraction of sp³-hybridized carbons (Fsp3) is 0.333. The van der Waals surface area contributed by atoms with E-state index in [2.05, 4.69) is 4.98 Å². The molecule has 17 heavy (non-hydrogen) atoms. The molecule has 0 saturated heterocycles. The zero-order valence-electron chi connectivity index (χ0n) is 9.75. The quantitative estimate of drug-likeness (QED) is 0.916. The molecule has 0 aliphatic rings. The number of carboxylic acids is 1. The highest BCUT2D eigenvalue weighted by molar-refractivity contribution is 5.85. The van der Waals surface area contributed by atoms with E-state index in [0.29, 0.717) is 0 Å². The van der Waals surface area contributed by atoms with Gasteiger partial charge in [0.05, 0.1) is 11.0 Å². The molecule has 1 heterocycles. The van der Waals surface area contributed by atoms with Crippen molar-refractivity contribution in [3.8, 4) is 0 Å². The van der Waals surface area contributed by atoms with E-state index in [1.54, 1.807) is 11.5 Å². The van der Waals surface area contributed by atoms with Gasteiger partial charge in [0.1, 0.15) is 11.9 Å². The van der Waals surface area contributed by atoms with Gasteiger partial charge in [-0.15, -0.1) is 12.4 Å². The number of rotatable bonds is 3. The topological polar surface area (TPSA) is 55.1 Å². The smallest absolute Gasteiger partial charge is 0.326 e. The number of aromatic nitrogens is 2. The first-order valence-corrected chi connectivity index (χ1v) is 5.33. The Kier molecular flexibility index (Phi) is 4.12. The maximum atomic E-state index is 11.1. The molecular formula is C12H15ClN2O2. The van der Waals surface area contributed by atoms with Crippen molar-refractivity contribution >= 4 is 29.4 Å². The minimum atomic E-state index is -0.835. The molecule has 0 saturated carbocycles. The minimum absolute atomic E-state index is 0. The van der Waals surface area contributed by atoms with Crippen molar-refractivity contribution < 1.29 is 9.90 Å². The van der Waals surface area contributed by atoms with Crippen molar-refractivity contribution in [3.63, 3.8) is 0 Å². The van der Waals surface area contributed by atoms with Gasteiger partial charge in [0.25, 0.3) is 0 Å². The summed E-state index contributed by atoms with van der Waals surface area (Å²) in [5.41, 5.74) is 1.74. The summed E-state index contributed by atoms with van der Waals surface area (Å²) in [6.45, 7) is 3.65. The van der Waals surface area contributed by atoms with Crippen molar-refractivity contribution in [3.05, 3.63) is 30.1 Å². The molecule has 0 aliphatic carbocycles. The van der Waals surface area contributed by atoms with Crippen LogP contribution < -0.4 is 0 Å². The highest BCUT2D eigenvalue weighted by atomic mass is 35.5. The van der Waals surface area contributed by atoms with Crippen molar-refractivity contribution in [1.82, 2.24) is 9.55 Å². The lowest BCUT2D eigenvalue weighted by atomic mass is 10.2. The van der Waals surface area contributed by atoms with E-state index in [4.69, 9.17) is 5.11 Å². The summed E-state index contributed by atoms with van der Waals surface area (Å²) < 4.78 is 1.79. The first-order valence-electron chi connectivity index (χ1n) is 5.33. The van der Waals surface area contributed by atoms with E-state index in [-0.39, 0.29) is 12.4 Å². The van der Waals surface area contributed by atoms with Gasteiger partial charge in [-0.25, -0.2) is 9.78 Å². The summed E-state index contributed by atoms with van der Waals surface area (Å²) in [4.78, 5) is 15.5. The van der Waals surface area contributed by atoms with Gasteiger partial charge in [-0.1, -0.05) is 19.1 Å². The molecule has 1 aromatic carbocycles. The molecule has 0 amide bonds. The van der Waals surface area contributed by atoms with E-state index >= 15 is 0 Å². The summed E-state index contributed by atoms with van der Waals surface area (Å²) >= 11 is 0. The van der Waals surface area contributed by atoms with Crippen LogP contribution in [-0.4, -0.2) is 20.6 Å². The van der Waals surface area contributed by atoms with Crippen LogP contribution >= 0.6 is 12.4 Å². The van der Waals surface area contributed by atoms with Crippen LogP contribution in [0, 0.1) is 0 Å². The Hall–Kier alpha value is -1.55. The summed E-state index contributed by atoms with van der Waals surface area (Å²) in [7, 11) is 0. The highest BCUT2D eigenvalue weighted by Crippen LogP contribution is 2.21. The number of aryl methyl sites for hydroxylation is 1. The van der Waals surface area contributed by atoms with Crippen molar-refractivity contribution in [1.29, 1.82) is 0 Å². The third kappa shape index (κ3) is 2.26. The summed E-state index contributed by atoms with van der Waals surface area (Å²) in [6, 6.07) is 7.03. The molecular weight excluding hydrogens is 240 g/mol. The maximum Gasteiger partial charge on any atom is 0.326 e. The fourth-order valence-corrected chi connectivity index (χ4v) is 1.89. The number of para-hydroxylation sites is 2. The molecule has 0 spiro atoms. The van der Waals surface area contributed by atoms with Gasteiger partial charge in [0, 0.05) is 6.42 Å². The van der Waals surface area contributed by atoms with Crippen LogP contribution in [0.3, 0.4) is 0 Å². The molecule has 1 N–H and O–H groups in total. The van der Waals surface area contributed by atoms with Crippen LogP contribution in [0.2, 0.25) is 0 Å². The molecule has 0 aliphatic heterocycles. The molecule has 2 rings (SSSR count). The Morgan fingerprint density at radius 1 is 1.47 bits per heavy atom. The summed E-state index contributed by atoms with van der Waals surface area (Å²) in [5, 5.41) is 9.08. The summed E-state index contributed by atoms with van der Waals surface area (Å²) in [6.07, 6.45) is 0.728. The number of fused-ring (bicyclic) bond motifs is 1. The van der Waals surface area contributed by atoms with Crippen LogP contribution in [0.15, 0.2) is 24.3 Å². The molecule has 0 radical (unpaired) electrons. The van der Waals surface area contributed by atoms with Crippen LogP contribution in [-0.2, 0) is 11.2 Å². The van der Waals surface area contributed by atoms with Gasteiger partial charge in [-0.3, -0.25) is 0 Å². The van der Waals surface area contributed by atoms with Gasteiger partial charge in [0.2, 0.25) is 0 Å². The number of hydrogen-bond donors (Lipinski definition) is 1. The zero-order chi connectivity index (χ0) is 11.7. The van der Waals surface area contributed by atoms with Crippen molar-refractivity contribution in [2.24, 2.45) is 0 Å². The number of halogens is 1.